The Kier molecular flexibility index (Phi) is 5.21. The summed E-state index contributed by atoms with van der Waals surface area (Å²) >= 11 is 6.03. The molecule has 3 atom stereocenters. The number of nitrogens with zero attached hydrogens (tertiary/aromatic N) is 3. The number of hydrogen-bond acceptors (Lipinski definition) is 5. The Hall–Kier alpha value is -2.25. The van der Waals surface area contributed by atoms with Crippen molar-refractivity contribution < 1.29 is 18.7 Å². The Morgan fingerprint density at radius 2 is 2.18 bits per heavy atom. The zero-order valence-corrected chi connectivity index (χ0v) is 16.4. The van der Waals surface area contributed by atoms with Crippen LogP contribution in [0.15, 0.2) is 30.7 Å². The fourth-order valence-electron chi connectivity index (χ4n) is 4.06. The van der Waals surface area contributed by atoms with Crippen LogP contribution < -0.4 is 4.74 Å². The largest absolute Gasteiger partial charge is 0.452 e. The maximum absolute atomic E-state index is 14.0. The molecule has 3 heterocycles. The highest BCUT2D eigenvalue weighted by Crippen LogP contribution is 2.39. The molecule has 0 unspecified atom stereocenters. The van der Waals surface area contributed by atoms with Gasteiger partial charge < -0.3 is 14.4 Å². The summed E-state index contributed by atoms with van der Waals surface area (Å²) in [6.07, 6.45) is 5.70. The minimum absolute atomic E-state index is 0.0222. The average molecular weight is 406 g/mol. The van der Waals surface area contributed by atoms with Crippen LogP contribution in [0.1, 0.15) is 43.5 Å². The molecule has 2 bridgehead atoms. The number of benzene rings is 1. The van der Waals surface area contributed by atoms with Gasteiger partial charge in [-0.2, -0.15) is 0 Å². The lowest BCUT2D eigenvalue weighted by Gasteiger charge is -2.36. The van der Waals surface area contributed by atoms with E-state index in [1.807, 2.05) is 13.8 Å². The van der Waals surface area contributed by atoms with Crippen LogP contribution in [0.25, 0.3) is 0 Å². The number of carbonyl (C=O) groups excluding carboxylic acids is 1. The molecule has 1 amide bonds. The summed E-state index contributed by atoms with van der Waals surface area (Å²) in [4.78, 5) is 23.0. The molecular formula is C20H21ClFN3O3. The van der Waals surface area contributed by atoms with Gasteiger partial charge in [0.2, 0.25) is 0 Å². The predicted molar refractivity (Wildman–Crippen MR) is 101 cm³/mol. The van der Waals surface area contributed by atoms with Gasteiger partial charge in [-0.15, -0.1) is 0 Å². The van der Waals surface area contributed by atoms with Gasteiger partial charge in [0.15, 0.2) is 10.9 Å². The lowest BCUT2D eigenvalue weighted by atomic mass is 9.92. The standard InChI is InChI=1S/C20H21ClFN3O3/c1-11(2)25(15-8-13-4-6-17(15)27-13)20(26)14-7-12(22)3-5-16(14)28-18-9-23-10-24-19(18)21/h3,5,7,9-11,13,15,17H,4,6,8H2,1-2H3/t13-,15+,17+/m0/s1. The van der Waals surface area contributed by atoms with Crippen LogP contribution in [0, 0.1) is 5.82 Å². The first kappa shape index (κ1) is 19.1. The molecule has 2 fully saturated rings. The van der Waals surface area contributed by atoms with Crippen molar-refractivity contribution in [2.24, 2.45) is 0 Å². The van der Waals surface area contributed by atoms with Gasteiger partial charge in [0, 0.05) is 6.04 Å². The van der Waals surface area contributed by atoms with Gasteiger partial charge in [-0.1, -0.05) is 11.6 Å². The van der Waals surface area contributed by atoms with Crippen LogP contribution in [-0.2, 0) is 4.74 Å². The maximum Gasteiger partial charge on any atom is 0.258 e. The Bertz CT molecular complexity index is 895. The highest BCUT2D eigenvalue weighted by molar-refractivity contribution is 6.30. The van der Waals surface area contributed by atoms with E-state index in [0.29, 0.717) is 0 Å². The number of ether oxygens (including phenoxy) is 2. The van der Waals surface area contributed by atoms with Gasteiger partial charge in [-0.3, -0.25) is 4.79 Å². The van der Waals surface area contributed by atoms with Crippen LogP contribution in [0.2, 0.25) is 5.15 Å². The fraction of sp³-hybridized carbons (Fsp3) is 0.450. The first-order valence-corrected chi connectivity index (χ1v) is 9.73. The molecule has 0 aliphatic carbocycles. The van der Waals surface area contributed by atoms with Crippen molar-refractivity contribution in [3.8, 4) is 11.5 Å². The Morgan fingerprint density at radius 3 is 2.82 bits per heavy atom. The van der Waals surface area contributed by atoms with Crippen molar-refractivity contribution >= 4 is 17.5 Å². The molecule has 148 valence electrons. The zero-order valence-electron chi connectivity index (χ0n) is 15.6. The van der Waals surface area contributed by atoms with Crippen LogP contribution >= 0.6 is 11.6 Å². The van der Waals surface area contributed by atoms with E-state index in [0.717, 1.165) is 19.3 Å². The zero-order chi connectivity index (χ0) is 19.8. The molecule has 0 N–H and O–H groups in total. The SMILES string of the molecule is CC(C)N(C(=O)c1cc(F)ccc1Oc1cncnc1Cl)[C@@H]1C[C@@H]2CC[C@H]1O2. The van der Waals surface area contributed by atoms with E-state index in [1.165, 1.54) is 30.7 Å². The minimum atomic E-state index is -0.515. The molecule has 2 saturated heterocycles. The second kappa shape index (κ2) is 7.64. The summed E-state index contributed by atoms with van der Waals surface area (Å²) < 4.78 is 25.7. The lowest BCUT2D eigenvalue weighted by Crippen LogP contribution is -2.49. The number of rotatable bonds is 5. The summed E-state index contributed by atoms with van der Waals surface area (Å²) in [7, 11) is 0. The molecule has 0 radical (unpaired) electrons. The topological polar surface area (TPSA) is 64.6 Å². The van der Waals surface area contributed by atoms with Gasteiger partial charge in [0.25, 0.3) is 5.91 Å². The molecule has 2 aliphatic heterocycles. The number of fused-ring (bicyclic) bond motifs is 2. The van der Waals surface area contributed by atoms with Crippen molar-refractivity contribution in [1.82, 2.24) is 14.9 Å². The van der Waals surface area contributed by atoms with Crippen molar-refractivity contribution in [3.63, 3.8) is 0 Å². The first-order valence-electron chi connectivity index (χ1n) is 9.35. The van der Waals surface area contributed by atoms with Crippen molar-refractivity contribution in [3.05, 3.63) is 47.3 Å². The van der Waals surface area contributed by atoms with E-state index in [1.54, 1.807) is 4.90 Å². The van der Waals surface area contributed by atoms with Crippen LogP contribution in [0.3, 0.4) is 0 Å². The molecule has 4 rings (SSSR count). The van der Waals surface area contributed by atoms with E-state index in [2.05, 4.69) is 9.97 Å². The van der Waals surface area contributed by atoms with E-state index in [-0.39, 0.29) is 52.4 Å². The van der Waals surface area contributed by atoms with Gasteiger partial charge in [-0.25, -0.2) is 14.4 Å². The molecule has 2 aromatic rings. The van der Waals surface area contributed by atoms with E-state index >= 15 is 0 Å². The second-order valence-electron chi connectivity index (χ2n) is 7.40. The quantitative estimate of drug-likeness (QED) is 0.696. The fourth-order valence-corrected chi connectivity index (χ4v) is 4.19. The summed E-state index contributed by atoms with van der Waals surface area (Å²) in [5, 5.41) is 0.111. The van der Waals surface area contributed by atoms with Crippen molar-refractivity contribution in [1.29, 1.82) is 0 Å². The average Bonchev–Trinajstić information content (AvgIpc) is 3.28. The number of aromatic nitrogens is 2. The number of hydrogen-bond donors (Lipinski definition) is 0. The number of carbonyl (C=O) groups is 1. The second-order valence-corrected chi connectivity index (χ2v) is 7.76. The highest BCUT2D eigenvalue weighted by atomic mass is 35.5. The molecule has 2 aliphatic rings. The number of halogens is 2. The first-order chi connectivity index (χ1) is 13.4. The molecule has 28 heavy (non-hydrogen) atoms. The van der Waals surface area contributed by atoms with E-state index in [9.17, 15) is 9.18 Å². The Labute approximate surface area is 167 Å². The minimum Gasteiger partial charge on any atom is -0.452 e. The highest BCUT2D eigenvalue weighted by Gasteiger charge is 2.46. The molecule has 8 heteroatoms. The lowest BCUT2D eigenvalue weighted by molar-refractivity contribution is 0.0413. The molecule has 1 aromatic heterocycles. The third-order valence-electron chi connectivity index (χ3n) is 5.25. The summed E-state index contributed by atoms with van der Waals surface area (Å²) in [6, 6.07) is 3.76. The third-order valence-corrected chi connectivity index (χ3v) is 5.53. The molecular weight excluding hydrogens is 385 g/mol. The third kappa shape index (κ3) is 3.56. The van der Waals surface area contributed by atoms with E-state index < -0.39 is 5.82 Å². The number of amides is 1. The summed E-state index contributed by atoms with van der Waals surface area (Å²) in [5.74, 6) is -0.403. The Balaban J connectivity index is 1.67. The van der Waals surface area contributed by atoms with Crippen LogP contribution in [0.5, 0.6) is 11.5 Å². The predicted octanol–water partition coefficient (Wildman–Crippen LogP) is 4.23. The molecule has 0 spiro atoms. The van der Waals surface area contributed by atoms with Crippen LogP contribution in [0.4, 0.5) is 4.39 Å². The smallest absolute Gasteiger partial charge is 0.258 e. The molecule has 1 aromatic carbocycles. The van der Waals surface area contributed by atoms with E-state index in [4.69, 9.17) is 21.1 Å². The molecule has 6 nitrogen and oxygen atoms in total. The Morgan fingerprint density at radius 1 is 1.36 bits per heavy atom. The molecule has 0 saturated carbocycles. The normalized spacial score (nSPS) is 23.2. The van der Waals surface area contributed by atoms with Crippen molar-refractivity contribution in [2.45, 2.75) is 57.4 Å². The van der Waals surface area contributed by atoms with Gasteiger partial charge in [0.05, 0.1) is 30.0 Å². The van der Waals surface area contributed by atoms with Gasteiger partial charge in [-0.05, 0) is 51.3 Å². The maximum atomic E-state index is 14.0. The van der Waals surface area contributed by atoms with Crippen molar-refractivity contribution in [2.75, 3.05) is 0 Å². The van der Waals surface area contributed by atoms with Crippen LogP contribution in [-0.4, -0.2) is 45.1 Å². The monoisotopic (exact) mass is 405 g/mol. The summed E-state index contributed by atoms with van der Waals surface area (Å²) in [6.45, 7) is 3.90. The van der Waals surface area contributed by atoms with Gasteiger partial charge in [0.1, 0.15) is 17.9 Å². The van der Waals surface area contributed by atoms with Gasteiger partial charge >= 0.3 is 0 Å². The summed E-state index contributed by atoms with van der Waals surface area (Å²) in [5.41, 5.74) is 0.136.